The van der Waals surface area contributed by atoms with E-state index in [9.17, 15) is 5.11 Å². The number of likely N-dealkylation sites (tertiary alicyclic amines) is 1. The van der Waals surface area contributed by atoms with Crippen LogP contribution in [0.2, 0.25) is 0 Å². The molecule has 1 saturated heterocycles. The molecule has 0 radical (unpaired) electrons. The van der Waals surface area contributed by atoms with Crippen LogP contribution in [0.25, 0.3) is 0 Å². The second-order valence-corrected chi connectivity index (χ2v) is 4.54. The highest BCUT2D eigenvalue weighted by molar-refractivity contribution is 4.85. The average molecular weight is 185 g/mol. The number of piperidine rings is 1. The van der Waals surface area contributed by atoms with E-state index in [1.54, 1.807) is 0 Å². The van der Waals surface area contributed by atoms with Crippen molar-refractivity contribution in [3.63, 3.8) is 0 Å². The van der Waals surface area contributed by atoms with Gasteiger partial charge in [0.1, 0.15) is 0 Å². The van der Waals surface area contributed by atoms with Crippen molar-refractivity contribution in [1.82, 2.24) is 4.90 Å². The first-order valence-corrected chi connectivity index (χ1v) is 5.55. The van der Waals surface area contributed by atoms with Gasteiger partial charge in [0.15, 0.2) is 0 Å². The molecule has 1 aliphatic heterocycles. The Morgan fingerprint density at radius 2 is 2.00 bits per heavy atom. The molecule has 1 atom stereocenters. The van der Waals surface area contributed by atoms with Crippen molar-refractivity contribution in [2.24, 2.45) is 0 Å². The molecule has 1 aliphatic rings. The van der Waals surface area contributed by atoms with E-state index in [4.69, 9.17) is 0 Å². The van der Waals surface area contributed by atoms with Crippen LogP contribution >= 0.6 is 0 Å². The summed E-state index contributed by atoms with van der Waals surface area (Å²) in [6.07, 6.45) is 4.51. The summed E-state index contributed by atoms with van der Waals surface area (Å²) in [4.78, 5) is 2.45. The van der Waals surface area contributed by atoms with E-state index in [1.165, 1.54) is 19.4 Å². The predicted molar refractivity (Wildman–Crippen MR) is 55.8 cm³/mol. The fraction of sp³-hybridized carbons (Fsp3) is 1.00. The quantitative estimate of drug-likeness (QED) is 0.727. The highest BCUT2D eigenvalue weighted by Crippen LogP contribution is 2.23. The van der Waals surface area contributed by atoms with Gasteiger partial charge in [-0.2, -0.15) is 0 Å². The van der Waals surface area contributed by atoms with Crippen LogP contribution in [0.3, 0.4) is 0 Å². The summed E-state index contributed by atoms with van der Waals surface area (Å²) in [5, 5.41) is 9.94. The number of aliphatic hydroxyl groups is 1. The number of hydrogen-bond donors (Lipinski definition) is 1. The van der Waals surface area contributed by atoms with E-state index in [0.717, 1.165) is 19.4 Å². The summed E-state index contributed by atoms with van der Waals surface area (Å²) < 4.78 is 0. The molecule has 1 fully saturated rings. The minimum atomic E-state index is -0.444. The molecule has 0 aliphatic carbocycles. The summed E-state index contributed by atoms with van der Waals surface area (Å²) in [6.45, 7) is 8.46. The van der Waals surface area contributed by atoms with E-state index >= 15 is 0 Å². The molecular weight excluding hydrogens is 162 g/mol. The van der Waals surface area contributed by atoms with Crippen molar-refractivity contribution in [3.05, 3.63) is 0 Å². The Labute approximate surface area is 81.9 Å². The lowest BCUT2D eigenvalue weighted by molar-refractivity contribution is -0.0310. The van der Waals surface area contributed by atoms with Gasteiger partial charge in [-0.05, 0) is 39.2 Å². The zero-order valence-electron chi connectivity index (χ0n) is 9.21. The molecule has 0 bridgehead atoms. The molecule has 1 heterocycles. The Morgan fingerprint density at radius 3 is 2.46 bits per heavy atom. The molecule has 1 unspecified atom stereocenters. The van der Waals surface area contributed by atoms with Crippen LogP contribution in [0.15, 0.2) is 0 Å². The summed E-state index contributed by atoms with van der Waals surface area (Å²) in [6, 6.07) is 0.673. The largest absolute Gasteiger partial charge is 0.389 e. The van der Waals surface area contributed by atoms with Gasteiger partial charge in [-0.15, -0.1) is 0 Å². The monoisotopic (exact) mass is 185 g/mol. The molecule has 2 nitrogen and oxygen atoms in total. The Morgan fingerprint density at radius 1 is 1.38 bits per heavy atom. The predicted octanol–water partition coefficient (Wildman–Crippen LogP) is 2.02. The van der Waals surface area contributed by atoms with Crippen molar-refractivity contribution in [2.45, 2.75) is 58.1 Å². The van der Waals surface area contributed by atoms with E-state index < -0.39 is 5.60 Å². The van der Waals surface area contributed by atoms with Crippen LogP contribution in [0, 0.1) is 0 Å². The number of hydrogen-bond acceptors (Lipinski definition) is 2. The third-order valence-electron chi connectivity index (χ3n) is 3.16. The smallest absolute Gasteiger partial charge is 0.0746 e. The Balaban J connectivity index is 2.50. The van der Waals surface area contributed by atoms with Crippen LogP contribution in [-0.2, 0) is 0 Å². The summed E-state index contributed by atoms with van der Waals surface area (Å²) in [5.41, 5.74) is -0.444. The molecule has 0 aromatic carbocycles. The molecular formula is C11H23NO. The second-order valence-electron chi connectivity index (χ2n) is 4.54. The Bertz CT molecular complexity index is 152. The van der Waals surface area contributed by atoms with Crippen LogP contribution in [-0.4, -0.2) is 34.7 Å². The molecule has 0 saturated carbocycles. The SMILES string of the molecule is CCC(CC)N1CCCC(C)(O)C1. The first kappa shape index (κ1) is 11.0. The molecule has 13 heavy (non-hydrogen) atoms. The fourth-order valence-electron chi connectivity index (χ4n) is 2.38. The zero-order valence-corrected chi connectivity index (χ0v) is 9.21. The Kier molecular flexibility index (Phi) is 3.74. The minimum absolute atomic E-state index is 0.444. The molecule has 0 amide bonds. The molecule has 1 N–H and O–H groups in total. The zero-order chi connectivity index (χ0) is 9.90. The maximum absolute atomic E-state index is 9.94. The molecule has 0 aromatic rings. The lowest BCUT2D eigenvalue weighted by atomic mass is 9.93. The second kappa shape index (κ2) is 4.43. The number of nitrogens with zero attached hydrogens (tertiary/aromatic N) is 1. The van der Waals surface area contributed by atoms with E-state index in [0.29, 0.717) is 6.04 Å². The average Bonchev–Trinajstić information content (AvgIpc) is 2.05. The van der Waals surface area contributed by atoms with Crippen LogP contribution in [0.1, 0.15) is 46.5 Å². The van der Waals surface area contributed by atoms with Gasteiger partial charge in [-0.1, -0.05) is 13.8 Å². The normalized spacial score (nSPS) is 31.2. The third kappa shape index (κ3) is 2.96. The van der Waals surface area contributed by atoms with Gasteiger partial charge in [0, 0.05) is 12.6 Å². The first-order valence-electron chi connectivity index (χ1n) is 5.55. The minimum Gasteiger partial charge on any atom is -0.389 e. The van der Waals surface area contributed by atoms with Crippen molar-refractivity contribution < 1.29 is 5.11 Å². The topological polar surface area (TPSA) is 23.5 Å². The highest BCUT2D eigenvalue weighted by atomic mass is 16.3. The van der Waals surface area contributed by atoms with Gasteiger partial charge in [0.25, 0.3) is 0 Å². The molecule has 0 spiro atoms. The molecule has 78 valence electrons. The van der Waals surface area contributed by atoms with Gasteiger partial charge in [0.2, 0.25) is 0 Å². The van der Waals surface area contributed by atoms with Gasteiger partial charge in [-0.25, -0.2) is 0 Å². The highest BCUT2D eigenvalue weighted by Gasteiger charge is 2.30. The van der Waals surface area contributed by atoms with Crippen LogP contribution in [0.4, 0.5) is 0 Å². The summed E-state index contributed by atoms with van der Waals surface area (Å²) in [5.74, 6) is 0. The lowest BCUT2D eigenvalue weighted by Crippen LogP contribution is -2.49. The molecule has 2 heteroatoms. The van der Waals surface area contributed by atoms with Crippen LogP contribution in [0.5, 0.6) is 0 Å². The Hall–Kier alpha value is -0.0800. The van der Waals surface area contributed by atoms with E-state index in [2.05, 4.69) is 18.7 Å². The summed E-state index contributed by atoms with van der Waals surface area (Å²) in [7, 11) is 0. The molecule has 1 rings (SSSR count). The lowest BCUT2D eigenvalue weighted by Gasteiger charge is -2.40. The summed E-state index contributed by atoms with van der Waals surface area (Å²) >= 11 is 0. The van der Waals surface area contributed by atoms with Crippen molar-refractivity contribution in [3.8, 4) is 0 Å². The number of β-amino-alcohol motifs (C(OH)–C–C–N with tert-alkyl or cyclic N) is 1. The molecule has 0 aromatic heterocycles. The standard InChI is InChI=1S/C11H23NO/c1-4-10(5-2)12-8-6-7-11(3,13)9-12/h10,13H,4-9H2,1-3H3. The van der Waals surface area contributed by atoms with Crippen molar-refractivity contribution in [2.75, 3.05) is 13.1 Å². The van der Waals surface area contributed by atoms with Gasteiger partial charge in [-0.3, -0.25) is 4.90 Å². The maximum Gasteiger partial charge on any atom is 0.0746 e. The van der Waals surface area contributed by atoms with Gasteiger partial charge >= 0.3 is 0 Å². The first-order chi connectivity index (χ1) is 6.09. The van der Waals surface area contributed by atoms with Gasteiger partial charge < -0.3 is 5.11 Å². The van der Waals surface area contributed by atoms with Crippen LogP contribution < -0.4 is 0 Å². The fourth-order valence-corrected chi connectivity index (χ4v) is 2.38. The van der Waals surface area contributed by atoms with Gasteiger partial charge in [0.05, 0.1) is 5.60 Å². The van der Waals surface area contributed by atoms with E-state index in [1.807, 2.05) is 6.92 Å². The van der Waals surface area contributed by atoms with E-state index in [-0.39, 0.29) is 0 Å². The van der Waals surface area contributed by atoms with Crippen molar-refractivity contribution in [1.29, 1.82) is 0 Å². The van der Waals surface area contributed by atoms with Crippen molar-refractivity contribution >= 4 is 0 Å². The third-order valence-corrected chi connectivity index (χ3v) is 3.16. The maximum atomic E-state index is 9.94. The number of rotatable bonds is 3.